The number of hydrogen-bond acceptors (Lipinski definition) is 3. The molecule has 2 N–H and O–H groups in total. The topological polar surface area (TPSA) is 52.6 Å². The van der Waals surface area contributed by atoms with Crippen LogP contribution in [0.5, 0.6) is 0 Å². The largest absolute Gasteiger partial charge is 0.478 e. The van der Waals surface area contributed by atoms with Crippen molar-refractivity contribution in [1.82, 2.24) is 4.90 Å². The number of halogens is 2. The van der Waals surface area contributed by atoms with Crippen molar-refractivity contribution in [2.45, 2.75) is 6.92 Å². The van der Waals surface area contributed by atoms with Crippen molar-refractivity contribution in [3.05, 3.63) is 29.3 Å². The van der Waals surface area contributed by atoms with Crippen LogP contribution in [0.3, 0.4) is 0 Å². The van der Waals surface area contributed by atoms with Gasteiger partial charge in [0.25, 0.3) is 0 Å². The van der Waals surface area contributed by atoms with E-state index < -0.39 is 23.2 Å². The molecule has 0 radical (unpaired) electrons. The van der Waals surface area contributed by atoms with E-state index in [1.165, 1.54) is 6.07 Å². The molecule has 1 aromatic rings. The van der Waals surface area contributed by atoms with Crippen LogP contribution in [0.1, 0.15) is 17.3 Å². The van der Waals surface area contributed by atoms with E-state index in [-0.39, 0.29) is 5.69 Å². The molecule has 0 atom stereocenters. The third-order valence-electron chi connectivity index (χ3n) is 2.66. The van der Waals surface area contributed by atoms with Crippen LogP contribution < -0.4 is 5.32 Å². The lowest BCUT2D eigenvalue weighted by atomic mass is 10.2. The van der Waals surface area contributed by atoms with E-state index in [1.807, 2.05) is 18.9 Å². The predicted octanol–water partition coefficient (Wildman–Crippen LogP) is 2.03. The highest BCUT2D eigenvalue weighted by Crippen LogP contribution is 2.20. The Labute approximate surface area is 104 Å². The Bertz CT molecular complexity index is 438. The predicted molar refractivity (Wildman–Crippen MR) is 65.0 cm³/mol. The smallest absolute Gasteiger partial charge is 0.338 e. The zero-order valence-electron chi connectivity index (χ0n) is 10.3. The SMILES string of the molecule is CCN(C)CCNc1ccc(C(=O)O)c(F)c1F. The van der Waals surface area contributed by atoms with Gasteiger partial charge in [-0.1, -0.05) is 6.92 Å². The van der Waals surface area contributed by atoms with E-state index in [2.05, 4.69) is 5.32 Å². The standard InChI is InChI=1S/C12H16F2N2O2/c1-3-16(2)7-6-15-9-5-4-8(12(17)18)10(13)11(9)14/h4-5,15H,3,6-7H2,1-2H3,(H,17,18). The molecular formula is C12H16F2N2O2. The van der Waals surface area contributed by atoms with Crippen molar-refractivity contribution in [2.24, 2.45) is 0 Å². The van der Waals surface area contributed by atoms with Gasteiger partial charge in [-0.3, -0.25) is 0 Å². The normalized spacial score (nSPS) is 10.7. The number of hydrogen-bond donors (Lipinski definition) is 2. The molecule has 100 valence electrons. The molecule has 18 heavy (non-hydrogen) atoms. The van der Waals surface area contributed by atoms with Gasteiger partial charge < -0.3 is 15.3 Å². The summed E-state index contributed by atoms with van der Waals surface area (Å²) in [6.45, 7) is 3.98. The molecule has 0 unspecified atom stereocenters. The number of aromatic carboxylic acids is 1. The molecule has 0 saturated carbocycles. The highest BCUT2D eigenvalue weighted by Gasteiger charge is 2.17. The lowest BCUT2D eigenvalue weighted by Gasteiger charge is -2.15. The van der Waals surface area contributed by atoms with E-state index >= 15 is 0 Å². The molecule has 0 bridgehead atoms. The van der Waals surface area contributed by atoms with Crippen molar-refractivity contribution in [3.8, 4) is 0 Å². The van der Waals surface area contributed by atoms with Crippen LogP contribution >= 0.6 is 0 Å². The summed E-state index contributed by atoms with van der Waals surface area (Å²) in [5.41, 5.74) is -0.689. The van der Waals surface area contributed by atoms with E-state index in [1.54, 1.807) is 0 Å². The summed E-state index contributed by atoms with van der Waals surface area (Å²) in [6, 6.07) is 2.28. The van der Waals surface area contributed by atoms with Crippen LogP contribution in [-0.4, -0.2) is 42.7 Å². The summed E-state index contributed by atoms with van der Waals surface area (Å²) in [4.78, 5) is 12.6. The Kier molecular flexibility index (Phi) is 5.03. The van der Waals surface area contributed by atoms with E-state index in [0.717, 1.165) is 12.6 Å². The molecule has 0 spiro atoms. The van der Waals surface area contributed by atoms with Crippen LogP contribution in [0.25, 0.3) is 0 Å². The maximum Gasteiger partial charge on any atom is 0.338 e. The number of carboxylic acid groups (broad SMARTS) is 1. The van der Waals surface area contributed by atoms with Gasteiger partial charge in [-0.15, -0.1) is 0 Å². The van der Waals surface area contributed by atoms with E-state index in [9.17, 15) is 13.6 Å². The Morgan fingerprint density at radius 2 is 2.06 bits per heavy atom. The Hall–Kier alpha value is -1.69. The van der Waals surface area contributed by atoms with Gasteiger partial charge in [-0.2, -0.15) is 0 Å². The lowest BCUT2D eigenvalue weighted by Crippen LogP contribution is -2.25. The summed E-state index contributed by atoms with van der Waals surface area (Å²) < 4.78 is 26.9. The molecule has 0 heterocycles. The molecule has 4 nitrogen and oxygen atoms in total. The molecule has 0 saturated heterocycles. The second-order valence-electron chi connectivity index (χ2n) is 3.92. The number of anilines is 1. The minimum absolute atomic E-state index is 0.0259. The third kappa shape index (κ3) is 3.40. The zero-order valence-corrected chi connectivity index (χ0v) is 10.3. The van der Waals surface area contributed by atoms with Crippen molar-refractivity contribution in [3.63, 3.8) is 0 Å². The number of likely N-dealkylation sites (N-methyl/N-ethyl adjacent to an activating group) is 1. The molecule has 0 amide bonds. The van der Waals surface area contributed by atoms with E-state index in [4.69, 9.17) is 5.11 Å². The Morgan fingerprint density at radius 1 is 1.39 bits per heavy atom. The average molecular weight is 258 g/mol. The van der Waals surface area contributed by atoms with Crippen molar-refractivity contribution >= 4 is 11.7 Å². The molecule has 6 heteroatoms. The third-order valence-corrected chi connectivity index (χ3v) is 2.66. The van der Waals surface area contributed by atoms with Crippen molar-refractivity contribution in [1.29, 1.82) is 0 Å². The molecule has 0 fully saturated rings. The highest BCUT2D eigenvalue weighted by molar-refractivity contribution is 5.88. The minimum Gasteiger partial charge on any atom is -0.478 e. The maximum absolute atomic E-state index is 13.5. The summed E-state index contributed by atoms with van der Waals surface area (Å²) in [6.07, 6.45) is 0. The summed E-state index contributed by atoms with van der Waals surface area (Å²) in [7, 11) is 1.91. The highest BCUT2D eigenvalue weighted by atomic mass is 19.2. The first-order valence-electron chi connectivity index (χ1n) is 5.61. The second-order valence-corrected chi connectivity index (χ2v) is 3.92. The van der Waals surface area contributed by atoms with Gasteiger partial charge in [0.2, 0.25) is 0 Å². The van der Waals surface area contributed by atoms with Gasteiger partial charge in [0.1, 0.15) is 0 Å². The molecule has 0 aliphatic rings. The van der Waals surface area contributed by atoms with Gasteiger partial charge >= 0.3 is 5.97 Å². The van der Waals surface area contributed by atoms with Gasteiger partial charge in [-0.05, 0) is 25.7 Å². The average Bonchev–Trinajstić information content (AvgIpc) is 2.33. The number of nitrogens with one attached hydrogen (secondary N) is 1. The van der Waals surface area contributed by atoms with Crippen molar-refractivity contribution in [2.75, 3.05) is 32.0 Å². The van der Waals surface area contributed by atoms with Gasteiger partial charge in [0.05, 0.1) is 11.3 Å². The minimum atomic E-state index is -1.48. The molecule has 0 aromatic heterocycles. The number of carboxylic acids is 1. The first-order valence-corrected chi connectivity index (χ1v) is 5.61. The molecular weight excluding hydrogens is 242 g/mol. The number of nitrogens with zero attached hydrogens (tertiary/aromatic N) is 1. The summed E-state index contributed by atoms with van der Waals surface area (Å²) >= 11 is 0. The van der Waals surface area contributed by atoms with Crippen LogP contribution in [0, 0.1) is 11.6 Å². The number of benzene rings is 1. The van der Waals surface area contributed by atoms with Gasteiger partial charge in [0.15, 0.2) is 11.6 Å². The molecule has 0 aliphatic carbocycles. The lowest BCUT2D eigenvalue weighted by molar-refractivity contribution is 0.0690. The Morgan fingerprint density at radius 3 is 2.61 bits per heavy atom. The number of carbonyl (C=O) groups is 1. The zero-order chi connectivity index (χ0) is 13.7. The maximum atomic E-state index is 13.5. The first kappa shape index (κ1) is 14.4. The quantitative estimate of drug-likeness (QED) is 0.819. The summed E-state index contributed by atoms with van der Waals surface area (Å²) in [5, 5.41) is 11.4. The van der Waals surface area contributed by atoms with Gasteiger partial charge in [-0.25, -0.2) is 13.6 Å². The van der Waals surface area contributed by atoms with Crippen LogP contribution in [-0.2, 0) is 0 Å². The first-order chi connectivity index (χ1) is 8.47. The monoisotopic (exact) mass is 258 g/mol. The van der Waals surface area contributed by atoms with Gasteiger partial charge in [0, 0.05) is 13.1 Å². The Balaban J connectivity index is 2.74. The molecule has 1 rings (SSSR count). The molecule has 0 aliphatic heterocycles. The summed E-state index contributed by atoms with van der Waals surface area (Å²) in [5.74, 6) is -3.98. The number of rotatable bonds is 6. The van der Waals surface area contributed by atoms with Crippen LogP contribution in [0.2, 0.25) is 0 Å². The van der Waals surface area contributed by atoms with E-state index in [0.29, 0.717) is 13.1 Å². The molecule has 1 aromatic carbocycles. The fourth-order valence-electron chi connectivity index (χ4n) is 1.39. The fourth-order valence-corrected chi connectivity index (χ4v) is 1.39. The fraction of sp³-hybridized carbons (Fsp3) is 0.417. The van der Waals surface area contributed by atoms with Crippen LogP contribution in [0.4, 0.5) is 14.5 Å². The van der Waals surface area contributed by atoms with Crippen molar-refractivity contribution < 1.29 is 18.7 Å². The van der Waals surface area contributed by atoms with Crippen LogP contribution in [0.15, 0.2) is 12.1 Å². The second kappa shape index (κ2) is 6.30.